The van der Waals surface area contributed by atoms with E-state index in [-0.39, 0.29) is 110 Å². The van der Waals surface area contributed by atoms with Gasteiger partial charge in [0.15, 0.2) is 46.8 Å². The van der Waals surface area contributed by atoms with Gasteiger partial charge in [0.05, 0.1) is 70.3 Å². The Morgan fingerprint density at radius 2 is 0.911 bits per heavy atom. The summed E-state index contributed by atoms with van der Waals surface area (Å²) in [5.41, 5.74) is -1.81. The van der Waals surface area contributed by atoms with Crippen molar-refractivity contribution in [3.05, 3.63) is 47.5 Å². The van der Waals surface area contributed by atoms with Gasteiger partial charge in [0.25, 0.3) is 11.8 Å². The van der Waals surface area contributed by atoms with E-state index in [1.54, 1.807) is 84.6 Å². The van der Waals surface area contributed by atoms with Gasteiger partial charge < -0.3 is 68.2 Å². The first-order chi connectivity index (χ1) is 40.4. The topological polar surface area (TPSA) is 339 Å². The number of fused-ring (bicyclic) bond motifs is 4. The summed E-state index contributed by atoms with van der Waals surface area (Å²) >= 11 is 0. The van der Waals surface area contributed by atoms with Crippen LogP contribution >= 0.6 is 0 Å². The molecule has 0 radical (unpaired) electrons. The number of amides is 6. The van der Waals surface area contributed by atoms with Crippen molar-refractivity contribution in [3.8, 4) is 0 Å². The molecule has 0 aliphatic carbocycles. The second kappa shape index (κ2) is 30.7. The molecule has 31 heteroatoms. The fourth-order valence-electron chi connectivity index (χ4n) is 10.4. The summed E-state index contributed by atoms with van der Waals surface area (Å²) in [6.45, 7) is 33.9. The summed E-state index contributed by atoms with van der Waals surface area (Å²) in [7, 11) is 2.58. The molecule has 8 aliphatic rings. The van der Waals surface area contributed by atoms with Crippen molar-refractivity contribution in [2.75, 3.05) is 53.6 Å². The van der Waals surface area contributed by atoms with Crippen LogP contribution in [0.3, 0.4) is 0 Å². The van der Waals surface area contributed by atoms with Crippen LogP contribution in [0.2, 0.25) is 0 Å². The number of aliphatic hydroxyl groups excluding tert-OH is 1. The second-order valence-electron chi connectivity index (χ2n) is 26.9. The molecule has 6 amide bonds. The quantitative estimate of drug-likeness (QED) is 0.0713. The third-order valence-corrected chi connectivity index (χ3v) is 13.6. The van der Waals surface area contributed by atoms with E-state index < -0.39 is 112 Å². The molecule has 6 fully saturated rings. The first-order valence-corrected chi connectivity index (χ1v) is 28.8. The van der Waals surface area contributed by atoms with Gasteiger partial charge in [-0.3, -0.25) is 34.4 Å². The summed E-state index contributed by atoms with van der Waals surface area (Å²) in [6, 6.07) is 4.06. The van der Waals surface area contributed by atoms with Crippen molar-refractivity contribution >= 4 is 65.5 Å². The summed E-state index contributed by atoms with van der Waals surface area (Å²) < 4.78 is 65.2. The number of likely N-dealkylation sites (tertiary alicyclic amines) is 3. The molecule has 0 aromatic heterocycles. The van der Waals surface area contributed by atoms with Gasteiger partial charge in [0, 0.05) is 6.54 Å². The Morgan fingerprint density at radius 1 is 0.567 bits per heavy atom. The van der Waals surface area contributed by atoms with E-state index in [0.29, 0.717) is 19.6 Å². The van der Waals surface area contributed by atoms with Crippen molar-refractivity contribution in [2.24, 2.45) is 5.90 Å². The van der Waals surface area contributed by atoms with Gasteiger partial charge in [0.2, 0.25) is 0 Å². The number of hydrogen-bond donors (Lipinski definition) is 3. The molecule has 0 bridgehead atoms. The summed E-state index contributed by atoms with van der Waals surface area (Å²) in [6.07, 6.45) is -0.390. The van der Waals surface area contributed by atoms with Crippen LogP contribution in [0.15, 0.2) is 36.4 Å². The van der Waals surface area contributed by atoms with E-state index in [0.717, 1.165) is 0 Å². The van der Waals surface area contributed by atoms with Crippen LogP contribution in [0.25, 0.3) is 0 Å². The molecule has 9 rings (SSSR count). The van der Waals surface area contributed by atoms with E-state index in [1.165, 1.54) is 41.1 Å². The Balaban J connectivity index is 0.000000388. The smallest absolute Gasteiger partial charge is 1.00 e. The second-order valence-corrected chi connectivity index (χ2v) is 26.9. The fourth-order valence-corrected chi connectivity index (χ4v) is 10.4. The summed E-state index contributed by atoms with van der Waals surface area (Å²) in [5, 5.41) is 18.6. The predicted molar refractivity (Wildman–Crippen MR) is 319 cm³/mol. The average Bonchev–Trinajstić information content (AvgIpc) is 2.20. The molecular formula is C59H96AlLiN6O23. The van der Waals surface area contributed by atoms with Gasteiger partial charge >= 0.3 is 55.2 Å². The first-order valence-electron chi connectivity index (χ1n) is 28.8. The number of nitrogens with two attached hydrogens (primary N) is 1. The zero-order valence-corrected chi connectivity index (χ0v) is 55.3. The van der Waals surface area contributed by atoms with Crippen molar-refractivity contribution in [3.63, 3.8) is 0 Å². The Morgan fingerprint density at radius 3 is 1.29 bits per heavy atom. The molecule has 6 saturated heterocycles. The van der Waals surface area contributed by atoms with Crippen LogP contribution < -0.4 is 24.8 Å². The normalized spacial score (nSPS) is 27.0. The number of imide groups is 1. The third-order valence-electron chi connectivity index (χ3n) is 13.6. The van der Waals surface area contributed by atoms with Crippen LogP contribution in [0, 0.1) is 0 Å². The van der Waals surface area contributed by atoms with Crippen molar-refractivity contribution < 1.29 is 131 Å². The zero-order chi connectivity index (χ0) is 66.6. The monoisotopic (exact) mass is 1290 g/mol. The Kier molecular flexibility index (Phi) is 27.0. The Labute approximate surface area is 550 Å². The predicted octanol–water partition coefficient (Wildman–Crippen LogP) is 1.37. The molecule has 90 heavy (non-hydrogen) atoms. The average molecular weight is 1290 g/mol. The van der Waals surface area contributed by atoms with Crippen LogP contribution in [-0.2, 0) is 71.3 Å². The number of esters is 2. The zero-order valence-electron chi connectivity index (χ0n) is 56.3. The fraction of sp³-hybridized carbons (Fsp3) is 0.729. The molecule has 1 aromatic rings. The standard InChI is InChI=1S/C14H23NO6.C13H24N2O5.C13H23NO5.C11H17NO4.C8H5NO3.Al.Li.4H/c1-13(2,3)21-12(17)15-7-8-10(9(15)11(16)18-6)20-14(4,5)19-8;1-12(2,3)20-11(16)15-6-9-10(8(15)7-17-14)19-13(4,5)18-9;1-12(2,3)19-11(16)14-6-9-10(8(14)7-15)18-13(4,5)17-9;1-11(2,3)16-10(14)12-7-5-6-8(12)9(13)15-4;10-7-5-3-1-2-4-6(5)8(11)9(7)12;;;;;;/h8-10H,7H2,1-6H3;8-10H,6-7,14H2,1-5H3;8-10,15H,6-7H2,1-5H3;5-6,8H,7H2,1-4H3;1-4,12H;;;;;;/q;;;;;;+1;;;;-1/t8-,9-,10-;2*8-,9+,10-;8-;;;;;;;/m0110......./s1. The van der Waals surface area contributed by atoms with Crippen LogP contribution in [0.4, 0.5) is 19.2 Å². The number of benzene rings is 1. The molecule has 29 nitrogen and oxygen atoms in total. The van der Waals surface area contributed by atoms with Crippen LogP contribution in [0.1, 0.15) is 147 Å². The number of rotatable bonds is 5. The van der Waals surface area contributed by atoms with Gasteiger partial charge in [-0.1, -0.05) is 24.3 Å². The number of carbonyl (C=O) groups is 8. The molecule has 10 atom stereocenters. The first kappa shape index (κ1) is 79.1. The molecule has 0 saturated carbocycles. The summed E-state index contributed by atoms with van der Waals surface area (Å²) in [5.74, 6) is 0.777. The number of ether oxygens (including phenoxy) is 12. The number of carbonyl (C=O) groups excluding carboxylic acids is 8. The Bertz CT molecular complexity index is 2700. The molecule has 0 unspecified atom stereocenters. The molecular weight excluding hydrogens is 1190 g/mol. The van der Waals surface area contributed by atoms with Gasteiger partial charge in [-0.25, -0.2) is 34.7 Å². The molecule has 504 valence electrons. The van der Waals surface area contributed by atoms with Crippen molar-refractivity contribution in [2.45, 2.75) is 225 Å². The van der Waals surface area contributed by atoms with Gasteiger partial charge in [-0.05, 0) is 137 Å². The largest absolute Gasteiger partial charge is 1.00 e. The van der Waals surface area contributed by atoms with Crippen molar-refractivity contribution in [1.29, 1.82) is 0 Å². The van der Waals surface area contributed by atoms with Crippen LogP contribution in [-0.4, -0.2) is 255 Å². The molecule has 4 N–H and O–H groups in total. The maximum absolute atomic E-state index is 12.3. The van der Waals surface area contributed by atoms with Crippen molar-refractivity contribution in [1.82, 2.24) is 24.7 Å². The summed E-state index contributed by atoms with van der Waals surface area (Å²) in [4.78, 5) is 104. The minimum absolute atomic E-state index is 0. The molecule has 8 heterocycles. The SMILES string of the molecule is CC(C)(C)OC(=O)N1C[C@@H]2OC(C)(C)O[C@@H]2[C@H]1CO.CC(C)(C)OC(=O)N1C[C@@H]2OC(C)(C)O[C@@H]2[C@H]1CON.COC(=O)[C@@H]1C=CCN1C(=O)OC(C)(C)C.COC(=O)[C@@H]1[C@H]2OC(C)(C)O[C@H]2CN1C(=O)OC(C)(C)C.O=C1c2ccccc2C(=O)N1O.[AlH3].[H-].[Li+]. The number of hydroxylamine groups is 2. The number of aliphatic hydroxyl groups is 1. The minimum atomic E-state index is -0.850. The number of hydrogen-bond acceptors (Lipinski definition) is 24. The van der Waals surface area contributed by atoms with E-state index in [9.17, 15) is 43.5 Å². The van der Waals surface area contributed by atoms with Gasteiger partial charge in [-0.15, -0.1) is 5.06 Å². The molecule has 8 aliphatic heterocycles. The maximum Gasteiger partial charge on any atom is 1.00 e. The van der Waals surface area contributed by atoms with E-state index in [2.05, 4.69) is 4.74 Å². The third kappa shape index (κ3) is 20.9. The Hall–Kier alpha value is -5.15. The van der Waals surface area contributed by atoms with E-state index in [1.807, 2.05) is 69.2 Å². The number of nitrogens with zero attached hydrogens (tertiary/aromatic N) is 5. The maximum atomic E-state index is 12.3. The van der Waals surface area contributed by atoms with Gasteiger partial charge in [-0.2, -0.15) is 0 Å². The minimum Gasteiger partial charge on any atom is -1.00 e. The molecule has 0 spiro atoms. The van der Waals surface area contributed by atoms with E-state index >= 15 is 0 Å². The number of methoxy groups -OCH3 is 2. The van der Waals surface area contributed by atoms with Gasteiger partial charge in [0.1, 0.15) is 59.0 Å². The van der Waals surface area contributed by atoms with Crippen LogP contribution in [0.5, 0.6) is 0 Å². The molecule has 1 aromatic carbocycles. The van der Waals surface area contributed by atoms with E-state index in [4.69, 9.17) is 68.0 Å².